The molecule has 1 saturated carbocycles. The summed E-state index contributed by atoms with van der Waals surface area (Å²) in [7, 11) is 0. The van der Waals surface area contributed by atoms with Crippen LogP contribution in [0.2, 0.25) is 0 Å². The van der Waals surface area contributed by atoms with Crippen LogP contribution in [-0.4, -0.2) is 55.1 Å². The normalized spacial score (nSPS) is 34.1. The molecule has 0 aromatic carbocycles. The molecule has 1 aliphatic carbocycles. The summed E-state index contributed by atoms with van der Waals surface area (Å²) in [5.74, 6) is 0.967. The van der Waals surface area contributed by atoms with Crippen molar-refractivity contribution in [1.29, 1.82) is 0 Å². The molecule has 0 aromatic heterocycles. The van der Waals surface area contributed by atoms with Crippen LogP contribution in [0.5, 0.6) is 0 Å². The van der Waals surface area contributed by atoms with Gasteiger partial charge in [0.25, 0.3) is 0 Å². The van der Waals surface area contributed by atoms with E-state index in [9.17, 15) is 0 Å². The zero-order valence-electron chi connectivity index (χ0n) is 10.7. The van der Waals surface area contributed by atoms with Gasteiger partial charge in [0.2, 0.25) is 0 Å². The number of hydrogen-bond donors (Lipinski definition) is 1. The van der Waals surface area contributed by atoms with Crippen molar-refractivity contribution >= 4 is 0 Å². The zero-order chi connectivity index (χ0) is 11.4. The van der Waals surface area contributed by atoms with Crippen LogP contribution in [-0.2, 0) is 0 Å². The van der Waals surface area contributed by atoms with Crippen molar-refractivity contribution < 1.29 is 0 Å². The predicted molar refractivity (Wildman–Crippen MR) is 68.5 cm³/mol. The third-order valence-corrected chi connectivity index (χ3v) is 4.35. The molecule has 2 fully saturated rings. The summed E-state index contributed by atoms with van der Waals surface area (Å²) in [6, 6.07) is 0.885. The quantitative estimate of drug-likeness (QED) is 0.782. The minimum absolute atomic E-state index is 0.806. The lowest BCUT2D eigenvalue weighted by atomic mass is 9.86. The third kappa shape index (κ3) is 3.19. The second-order valence-corrected chi connectivity index (χ2v) is 5.58. The van der Waals surface area contributed by atoms with Gasteiger partial charge < -0.3 is 5.73 Å². The van der Waals surface area contributed by atoms with Crippen LogP contribution in [0.3, 0.4) is 0 Å². The van der Waals surface area contributed by atoms with Gasteiger partial charge in [0.05, 0.1) is 0 Å². The molecule has 0 radical (unpaired) electrons. The Morgan fingerprint density at radius 3 is 2.19 bits per heavy atom. The molecule has 1 saturated heterocycles. The van der Waals surface area contributed by atoms with Gasteiger partial charge in [-0.1, -0.05) is 6.92 Å². The average Bonchev–Trinajstić information content (AvgIpc) is 2.32. The van der Waals surface area contributed by atoms with Gasteiger partial charge in [-0.2, -0.15) is 0 Å². The van der Waals surface area contributed by atoms with Crippen LogP contribution in [0.1, 0.15) is 32.6 Å². The lowest BCUT2D eigenvalue weighted by Gasteiger charge is -2.41. The summed E-state index contributed by atoms with van der Waals surface area (Å²) in [4.78, 5) is 5.22. The van der Waals surface area contributed by atoms with Crippen LogP contribution >= 0.6 is 0 Å². The fourth-order valence-corrected chi connectivity index (χ4v) is 3.14. The Labute approximate surface area is 100.0 Å². The molecule has 0 atom stereocenters. The van der Waals surface area contributed by atoms with E-state index < -0.39 is 0 Å². The van der Waals surface area contributed by atoms with Crippen molar-refractivity contribution in [2.75, 3.05) is 39.3 Å². The van der Waals surface area contributed by atoms with Gasteiger partial charge in [-0.3, -0.25) is 9.80 Å². The van der Waals surface area contributed by atoms with Gasteiger partial charge in [-0.15, -0.1) is 0 Å². The van der Waals surface area contributed by atoms with E-state index in [-0.39, 0.29) is 0 Å². The lowest BCUT2D eigenvalue weighted by molar-refractivity contribution is 0.0735. The molecule has 2 rings (SSSR count). The highest BCUT2D eigenvalue weighted by Gasteiger charge is 2.26. The highest BCUT2D eigenvalue weighted by atomic mass is 15.3. The molecule has 1 heterocycles. The first-order valence-corrected chi connectivity index (χ1v) is 6.96. The highest BCUT2D eigenvalue weighted by molar-refractivity contribution is 4.82. The van der Waals surface area contributed by atoms with E-state index in [1.165, 1.54) is 51.9 Å². The standard InChI is InChI=1S/C13H27N3/c1-12-2-4-13(5-3-12)16-10-8-15(7-6-14)9-11-16/h12-13H,2-11,14H2,1H3. The van der Waals surface area contributed by atoms with Gasteiger partial charge >= 0.3 is 0 Å². The molecular formula is C13H27N3. The van der Waals surface area contributed by atoms with E-state index >= 15 is 0 Å². The molecule has 0 aromatic rings. The van der Waals surface area contributed by atoms with Gasteiger partial charge in [-0.25, -0.2) is 0 Å². The summed E-state index contributed by atoms with van der Waals surface area (Å²) in [6.45, 7) is 9.26. The van der Waals surface area contributed by atoms with E-state index in [2.05, 4.69) is 16.7 Å². The van der Waals surface area contributed by atoms with Crippen LogP contribution in [0, 0.1) is 5.92 Å². The maximum absolute atomic E-state index is 5.60. The number of hydrogen-bond acceptors (Lipinski definition) is 3. The number of nitrogens with zero attached hydrogens (tertiary/aromatic N) is 2. The van der Waals surface area contributed by atoms with E-state index in [1.807, 2.05) is 0 Å². The van der Waals surface area contributed by atoms with Gasteiger partial charge in [0, 0.05) is 45.3 Å². The third-order valence-electron chi connectivity index (χ3n) is 4.35. The Balaban J connectivity index is 1.72. The SMILES string of the molecule is CC1CCC(N2CCN(CCN)CC2)CC1. The van der Waals surface area contributed by atoms with Crippen LogP contribution < -0.4 is 5.73 Å². The molecule has 0 unspecified atom stereocenters. The monoisotopic (exact) mass is 225 g/mol. The second-order valence-electron chi connectivity index (χ2n) is 5.58. The number of piperazine rings is 1. The van der Waals surface area contributed by atoms with Crippen molar-refractivity contribution in [3.05, 3.63) is 0 Å². The second kappa shape index (κ2) is 5.99. The first-order valence-electron chi connectivity index (χ1n) is 6.96. The molecule has 3 heteroatoms. The van der Waals surface area contributed by atoms with Crippen molar-refractivity contribution in [1.82, 2.24) is 9.80 Å². The minimum Gasteiger partial charge on any atom is -0.329 e. The fourth-order valence-electron chi connectivity index (χ4n) is 3.14. The smallest absolute Gasteiger partial charge is 0.0113 e. The molecule has 16 heavy (non-hydrogen) atoms. The zero-order valence-corrected chi connectivity index (χ0v) is 10.7. The summed E-state index contributed by atoms with van der Waals surface area (Å²) < 4.78 is 0. The summed E-state index contributed by atoms with van der Waals surface area (Å²) in [5.41, 5.74) is 5.60. The molecule has 3 nitrogen and oxygen atoms in total. The highest BCUT2D eigenvalue weighted by Crippen LogP contribution is 2.27. The molecule has 1 aliphatic heterocycles. The molecular weight excluding hydrogens is 198 g/mol. The topological polar surface area (TPSA) is 32.5 Å². The first-order chi connectivity index (χ1) is 7.79. The van der Waals surface area contributed by atoms with Crippen LogP contribution in [0.4, 0.5) is 0 Å². The largest absolute Gasteiger partial charge is 0.329 e. The molecule has 0 amide bonds. The van der Waals surface area contributed by atoms with E-state index in [4.69, 9.17) is 5.73 Å². The molecule has 0 bridgehead atoms. The van der Waals surface area contributed by atoms with E-state index in [1.54, 1.807) is 0 Å². The van der Waals surface area contributed by atoms with E-state index in [0.29, 0.717) is 0 Å². The Morgan fingerprint density at radius 2 is 1.62 bits per heavy atom. The van der Waals surface area contributed by atoms with Gasteiger partial charge in [-0.05, 0) is 31.6 Å². The minimum atomic E-state index is 0.806. The Kier molecular flexibility index (Phi) is 4.62. The summed E-state index contributed by atoms with van der Waals surface area (Å²) in [6.07, 6.45) is 5.73. The summed E-state index contributed by atoms with van der Waals surface area (Å²) in [5, 5.41) is 0. The number of nitrogens with two attached hydrogens (primary N) is 1. The maximum atomic E-state index is 5.60. The average molecular weight is 225 g/mol. The fraction of sp³-hybridized carbons (Fsp3) is 1.00. The lowest BCUT2D eigenvalue weighted by Crippen LogP contribution is -2.51. The van der Waals surface area contributed by atoms with Crippen LogP contribution in [0.25, 0.3) is 0 Å². The van der Waals surface area contributed by atoms with Crippen molar-refractivity contribution in [2.24, 2.45) is 11.7 Å². The van der Waals surface area contributed by atoms with Crippen LogP contribution in [0.15, 0.2) is 0 Å². The Morgan fingerprint density at radius 1 is 1.00 bits per heavy atom. The van der Waals surface area contributed by atoms with Crippen molar-refractivity contribution in [3.63, 3.8) is 0 Å². The first kappa shape index (κ1) is 12.3. The Bertz CT molecular complexity index is 191. The molecule has 94 valence electrons. The van der Waals surface area contributed by atoms with Crippen molar-refractivity contribution in [3.8, 4) is 0 Å². The molecule has 2 aliphatic rings. The van der Waals surface area contributed by atoms with Crippen molar-refractivity contribution in [2.45, 2.75) is 38.6 Å². The number of rotatable bonds is 3. The van der Waals surface area contributed by atoms with Gasteiger partial charge in [0.1, 0.15) is 0 Å². The van der Waals surface area contributed by atoms with Gasteiger partial charge in [0.15, 0.2) is 0 Å². The Hall–Kier alpha value is -0.120. The van der Waals surface area contributed by atoms with E-state index in [0.717, 1.165) is 25.0 Å². The molecule has 2 N–H and O–H groups in total. The predicted octanol–water partition coefficient (Wildman–Crippen LogP) is 1.14. The summed E-state index contributed by atoms with van der Waals surface area (Å²) >= 11 is 0. The molecule has 0 spiro atoms. The maximum Gasteiger partial charge on any atom is 0.0113 e.